The molecule has 0 bridgehead atoms. The van der Waals surface area contributed by atoms with Crippen LogP contribution in [0.1, 0.15) is 20.3 Å². The van der Waals surface area contributed by atoms with Gasteiger partial charge in [0.15, 0.2) is 5.13 Å². The van der Waals surface area contributed by atoms with Crippen LogP contribution in [0.4, 0.5) is 5.13 Å². The first kappa shape index (κ1) is 11.1. The van der Waals surface area contributed by atoms with E-state index in [1.165, 1.54) is 11.3 Å². The summed E-state index contributed by atoms with van der Waals surface area (Å²) in [7, 11) is 0. The smallest absolute Gasteiger partial charge is 0.226 e. The number of carbonyl (C=O) groups is 1. The Balaban J connectivity index is 2.12. The average molecular weight is 234 g/mol. The predicted molar refractivity (Wildman–Crippen MR) is 67.7 cm³/mol. The number of para-hydroxylation sites is 1. The second kappa shape index (κ2) is 4.61. The summed E-state index contributed by atoms with van der Waals surface area (Å²) in [6.07, 6.45) is 0.538. The number of benzene rings is 1. The van der Waals surface area contributed by atoms with E-state index >= 15 is 0 Å². The third kappa shape index (κ3) is 2.58. The Hall–Kier alpha value is -1.42. The van der Waals surface area contributed by atoms with Gasteiger partial charge in [-0.1, -0.05) is 37.3 Å². The molecule has 0 atom stereocenters. The Morgan fingerprint density at radius 1 is 1.44 bits per heavy atom. The summed E-state index contributed by atoms with van der Waals surface area (Å²) in [5.74, 6) is 0.406. The second-order valence-electron chi connectivity index (χ2n) is 4.13. The fourth-order valence-corrected chi connectivity index (χ4v) is 2.35. The first-order valence-corrected chi connectivity index (χ1v) is 6.12. The number of amides is 1. The average Bonchev–Trinajstić information content (AvgIpc) is 2.57. The van der Waals surface area contributed by atoms with Crippen LogP contribution in [-0.4, -0.2) is 10.9 Å². The van der Waals surface area contributed by atoms with Gasteiger partial charge in [-0.2, -0.15) is 0 Å². The molecule has 2 aromatic rings. The Morgan fingerprint density at radius 3 is 2.88 bits per heavy atom. The Bertz CT molecular complexity index is 471. The lowest BCUT2D eigenvalue weighted by Gasteiger charge is -2.03. The van der Waals surface area contributed by atoms with Crippen LogP contribution in [0.25, 0.3) is 10.2 Å². The molecule has 1 aromatic carbocycles. The van der Waals surface area contributed by atoms with Gasteiger partial charge in [0.25, 0.3) is 0 Å². The minimum atomic E-state index is 0.0362. The summed E-state index contributed by atoms with van der Waals surface area (Å²) in [6.45, 7) is 4.05. The molecule has 84 valence electrons. The molecular weight excluding hydrogens is 220 g/mol. The number of nitrogens with one attached hydrogen (secondary N) is 1. The number of thiazole rings is 1. The zero-order chi connectivity index (χ0) is 11.5. The van der Waals surface area contributed by atoms with E-state index in [9.17, 15) is 4.79 Å². The van der Waals surface area contributed by atoms with E-state index in [1.54, 1.807) is 0 Å². The Kier molecular flexibility index (Phi) is 3.19. The molecule has 0 spiro atoms. The van der Waals surface area contributed by atoms with Crippen molar-refractivity contribution >= 4 is 32.6 Å². The largest absolute Gasteiger partial charge is 0.302 e. The van der Waals surface area contributed by atoms with E-state index < -0.39 is 0 Å². The fraction of sp³-hybridized carbons (Fsp3) is 0.333. The van der Waals surface area contributed by atoms with E-state index in [0.717, 1.165) is 10.2 Å². The highest BCUT2D eigenvalue weighted by Crippen LogP contribution is 2.25. The normalized spacial score (nSPS) is 10.9. The number of fused-ring (bicyclic) bond motifs is 1. The highest BCUT2D eigenvalue weighted by atomic mass is 32.1. The summed E-state index contributed by atoms with van der Waals surface area (Å²) in [5.41, 5.74) is 0.937. The molecule has 16 heavy (non-hydrogen) atoms. The summed E-state index contributed by atoms with van der Waals surface area (Å²) in [4.78, 5) is 15.9. The molecule has 0 aliphatic carbocycles. The lowest BCUT2D eigenvalue weighted by Crippen LogP contribution is -2.13. The van der Waals surface area contributed by atoms with Crippen LogP contribution < -0.4 is 5.32 Å². The number of aromatic nitrogens is 1. The number of rotatable bonds is 3. The maximum absolute atomic E-state index is 11.6. The van der Waals surface area contributed by atoms with Crippen LogP contribution >= 0.6 is 11.3 Å². The lowest BCUT2D eigenvalue weighted by molar-refractivity contribution is -0.116. The minimum Gasteiger partial charge on any atom is -0.302 e. The van der Waals surface area contributed by atoms with Crippen LogP contribution in [0.5, 0.6) is 0 Å². The van der Waals surface area contributed by atoms with Gasteiger partial charge in [0.1, 0.15) is 0 Å². The molecule has 2 rings (SSSR count). The van der Waals surface area contributed by atoms with Crippen LogP contribution in [0, 0.1) is 5.92 Å². The van der Waals surface area contributed by atoms with E-state index in [1.807, 2.05) is 38.1 Å². The van der Waals surface area contributed by atoms with E-state index in [-0.39, 0.29) is 5.91 Å². The molecule has 4 heteroatoms. The van der Waals surface area contributed by atoms with Gasteiger partial charge in [-0.3, -0.25) is 4.79 Å². The third-order valence-corrected chi connectivity index (χ3v) is 3.09. The summed E-state index contributed by atoms with van der Waals surface area (Å²) in [6, 6.07) is 7.87. The topological polar surface area (TPSA) is 42.0 Å². The quantitative estimate of drug-likeness (QED) is 0.885. The highest BCUT2D eigenvalue weighted by molar-refractivity contribution is 7.22. The first-order chi connectivity index (χ1) is 7.65. The van der Waals surface area contributed by atoms with Crippen LogP contribution in [0.15, 0.2) is 24.3 Å². The molecular formula is C12H14N2OS. The zero-order valence-electron chi connectivity index (χ0n) is 9.36. The van der Waals surface area contributed by atoms with Gasteiger partial charge in [0.05, 0.1) is 10.2 Å². The molecule has 1 amide bonds. The molecule has 0 fully saturated rings. The van der Waals surface area contributed by atoms with Gasteiger partial charge >= 0.3 is 0 Å². The van der Waals surface area contributed by atoms with Crippen molar-refractivity contribution < 1.29 is 4.79 Å². The van der Waals surface area contributed by atoms with Gasteiger partial charge in [0, 0.05) is 6.42 Å². The molecule has 1 N–H and O–H groups in total. The van der Waals surface area contributed by atoms with Gasteiger partial charge in [-0.15, -0.1) is 0 Å². The summed E-state index contributed by atoms with van der Waals surface area (Å²) in [5, 5.41) is 3.52. The fourth-order valence-electron chi connectivity index (χ4n) is 1.47. The highest BCUT2D eigenvalue weighted by Gasteiger charge is 2.08. The molecule has 0 unspecified atom stereocenters. The van der Waals surface area contributed by atoms with Crippen LogP contribution in [0.2, 0.25) is 0 Å². The van der Waals surface area contributed by atoms with Crippen molar-refractivity contribution in [3.63, 3.8) is 0 Å². The Morgan fingerprint density at radius 2 is 2.19 bits per heavy atom. The van der Waals surface area contributed by atoms with Gasteiger partial charge in [0.2, 0.25) is 5.91 Å². The number of hydrogen-bond donors (Lipinski definition) is 1. The number of anilines is 1. The molecule has 0 aliphatic heterocycles. The van der Waals surface area contributed by atoms with Crippen molar-refractivity contribution in [1.82, 2.24) is 4.98 Å². The molecule has 1 aromatic heterocycles. The lowest BCUT2D eigenvalue weighted by atomic mass is 10.1. The van der Waals surface area contributed by atoms with Crippen molar-refractivity contribution in [2.45, 2.75) is 20.3 Å². The van der Waals surface area contributed by atoms with Gasteiger partial charge in [-0.25, -0.2) is 4.98 Å². The van der Waals surface area contributed by atoms with Crippen LogP contribution in [-0.2, 0) is 4.79 Å². The van der Waals surface area contributed by atoms with Crippen molar-refractivity contribution in [2.24, 2.45) is 5.92 Å². The first-order valence-electron chi connectivity index (χ1n) is 5.30. The standard InChI is InChI=1S/C12H14N2OS/c1-8(2)7-11(15)14-12-13-9-5-3-4-6-10(9)16-12/h3-6,8H,7H2,1-2H3,(H,13,14,15). The SMILES string of the molecule is CC(C)CC(=O)Nc1nc2ccccc2s1. The summed E-state index contributed by atoms with van der Waals surface area (Å²) < 4.78 is 1.10. The Labute approximate surface area is 98.5 Å². The van der Waals surface area contributed by atoms with E-state index in [2.05, 4.69) is 10.3 Å². The molecule has 3 nitrogen and oxygen atoms in total. The van der Waals surface area contributed by atoms with Gasteiger partial charge < -0.3 is 5.32 Å². The van der Waals surface area contributed by atoms with Crippen molar-refractivity contribution in [2.75, 3.05) is 5.32 Å². The number of nitrogens with zero attached hydrogens (tertiary/aromatic N) is 1. The number of hydrogen-bond acceptors (Lipinski definition) is 3. The van der Waals surface area contributed by atoms with Gasteiger partial charge in [-0.05, 0) is 18.1 Å². The maximum Gasteiger partial charge on any atom is 0.226 e. The molecule has 1 heterocycles. The van der Waals surface area contributed by atoms with E-state index in [0.29, 0.717) is 17.5 Å². The predicted octanol–water partition coefficient (Wildman–Crippen LogP) is 3.28. The van der Waals surface area contributed by atoms with Crippen molar-refractivity contribution in [3.8, 4) is 0 Å². The third-order valence-electron chi connectivity index (χ3n) is 2.13. The maximum atomic E-state index is 11.6. The second-order valence-corrected chi connectivity index (χ2v) is 5.16. The molecule has 0 saturated carbocycles. The number of carbonyl (C=O) groups excluding carboxylic acids is 1. The van der Waals surface area contributed by atoms with Crippen molar-refractivity contribution in [3.05, 3.63) is 24.3 Å². The zero-order valence-corrected chi connectivity index (χ0v) is 10.2. The molecule has 0 saturated heterocycles. The monoisotopic (exact) mass is 234 g/mol. The molecule has 0 aliphatic rings. The van der Waals surface area contributed by atoms with Crippen LogP contribution in [0.3, 0.4) is 0 Å². The summed E-state index contributed by atoms with van der Waals surface area (Å²) >= 11 is 1.51. The van der Waals surface area contributed by atoms with E-state index in [4.69, 9.17) is 0 Å². The minimum absolute atomic E-state index is 0.0362. The van der Waals surface area contributed by atoms with Crippen molar-refractivity contribution in [1.29, 1.82) is 0 Å². The molecule has 0 radical (unpaired) electrons.